The SMILES string of the molecule is COC(=O)CN1CCN(C(=O)CCCl)CC1. The van der Waals surface area contributed by atoms with Crippen LogP contribution in [0.4, 0.5) is 0 Å². The van der Waals surface area contributed by atoms with E-state index >= 15 is 0 Å². The van der Waals surface area contributed by atoms with Crippen LogP contribution in [0, 0.1) is 0 Å². The number of alkyl halides is 1. The van der Waals surface area contributed by atoms with E-state index in [1.54, 1.807) is 4.90 Å². The Bertz CT molecular complexity index is 252. The zero-order valence-electron chi connectivity index (χ0n) is 9.45. The maximum absolute atomic E-state index is 11.5. The minimum Gasteiger partial charge on any atom is -0.468 e. The molecule has 1 amide bonds. The number of rotatable bonds is 4. The van der Waals surface area contributed by atoms with Crippen LogP contribution < -0.4 is 0 Å². The van der Waals surface area contributed by atoms with E-state index in [-0.39, 0.29) is 11.9 Å². The lowest BCUT2D eigenvalue weighted by Crippen LogP contribution is -2.50. The van der Waals surface area contributed by atoms with Crippen LogP contribution in [0.2, 0.25) is 0 Å². The molecule has 0 aromatic heterocycles. The fourth-order valence-corrected chi connectivity index (χ4v) is 1.80. The third-order valence-corrected chi connectivity index (χ3v) is 2.80. The van der Waals surface area contributed by atoms with Crippen molar-refractivity contribution < 1.29 is 14.3 Å². The van der Waals surface area contributed by atoms with Gasteiger partial charge in [0.25, 0.3) is 0 Å². The number of halogens is 1. The number of piperazine rings is 1. The summed E-state index contributed by atoms with van der Waals surface area (Å²) < 4.78 is 4.59. The van der Waals surface area contributed by atoms with E-state index in [4.69, 9.17) is 11.6 Å². The van der Waals surface area contributed by atoms with E-state index in [1.807, 2.05) is 4.90 Å². The topological polar surface area (TPSA) is 49.9 Å². The lowest BCUT2D eigenvalue weighted by atomic mass is 10.3. The predicted molar refractivity (Wildman–Crippen MR) is 60.4 cm³/mol. The molecule has 0 bridgehead atoms. The number of methoxy groups -OCH3 is 1. The molecule has 1 aliphatic heterocycles. The van der Waals surface area contributed by atoms with Crippen molar-refractivity contribution in [2.45, 2.75) is 6.42 Å². The van der Waals surface area contributed by atoms with Gasteiger partial charge in [0.1, 0.15) is 0 Å². The van der Waals surface area contributed by atoms with Crippen molar-refractivity contribution in [1.82, 2.24) is 9.80 Å². The predicted octanol–water partition coefficient (Wildman–Crippen LogP) is -0.0675. The average molecular weight is 249 g/mol. The molecule has 1 aliphatic rings. The summed E-state index contributed by atoms with van der Waals surface area (Å²) in [7, 11) is 1.38. The summed E-state index contributed by atoms with van der Waals surface area (Å²) in [4.78, 5) is 26.3. The zero-order chi connectivity index (χ0) is 12.0. The van der Waals surface area contributed by atoms with Crippen molar-refractivity contribution in [3.05, 3.63) is 0 Å². The Morgan fingerprint density at radius 2 is 1.88 bits per heavy atom. The molecule has 1 heterocycles. The third kappa shape index (κ3) is 3.98. The minimum absolute atomic E-state index is 0.0905. The molecule has 1 saturated heterocycles. The fraction of sp³-hybridized carbons (Fsp3) is 0.800. The summed E-state index contributed by atoms with van der Waals surface area (Å²) in [6.45, 7) is 3.04. The monoisotopic (exact) mass is 248 g/mol. The number of hydrogen-bond donors (Lipinski definition) is 0. The van der Waals surface area contributed by atoms with E-state index in [0.29, 0.717) is 45.0 Å². The first-order valence-electron chi connectivity index (χ1n) is 5.30. The molecule has 0 aromatic rings. The van der Waals surface area contributed by atoms with Gasteiger partial charge in [-0.15, -0.1) is 11.6 Å². The van der Waals surface area contributed by atoms with E-state index < -0.39 is 0 Å². The Hall–Kier alpha value is -0.810. The highest BCUT2D eigenvalue weighted by molar-refractivity contribution is 6.18. The van der Waals surface area contributed by atoms with Gasteiger partial charge in [-0.3, -0.25) is 14.5 Å². The standard InChI is InChI=1S/C10H17ClN2O3/c1-16-10(15)8-12-4-6-13(7-5-12)9(14)2-3-11/h2-8H2,1H3. The largest absolute Gasteiger partial charge is 0.468 e. The van der Waals surface area contributed by atoms with Crippen LogP contribution in [-0.2, 0) is 14.3 Å². The zero-order valence-corrected chi connectivity index (χ0v) is 10.2. The molecule has 0 spiro atoms. The van der Waals surface area contributed by atoms with Gasteiger partial charge in [0.05, 0.1) is 13.7 Å². The quantitative estimate of drug-likeness (QED) is 0.516. The number of carbonyl (C=O) groups excluding carboxylic acids is 2. The van der Waals surface area contributed by atoms with Crippen molar-refractivity contribution >= 4 is 23.5 Å². The molecule has 0 radical (unpaired) electrons. The number of hydrogen-bond acceptors (Lipinski definition) is 4. The first-order chi connectivity index (χ1) is 7.67. The average Bonchev–Trinajstić information content (AvgIpc) is 2.30. The van der Waals surface area contributed by atoms with Gasteiger partial charge in [-0.1, -0.05) is 0 Å². The van der Waals surface area contributed by atoms with Crippen LogP contribution in [0.15, 0.2) is 0 Å². The first kappa shape index (κ1) is 13.3. The highest BCUT2D eigenvalue weighted by Gasteiger charge is 2.21. The lowest BCUT2D eigenvalue weighted by Gasteiger charge is -2.33. The molecule has 0 saturated carbocycles. The fourth-order valence-electron chi connectivity index (χ4n) is 1.64. The maximum atomic E-state index is 11.5. The number of carbonyl (C=O) groups is 2. The van der Waals surface area contributed by atoms with Crippen LogP contribution in [0.1, 0.15) is 6.42 Å². The Kier molecular flexibility index (Phi) is 5.55. The third-order valence-electron chi connectivity index (χ3n) is 2.61. The van der Waals surface area contributed by atoms with Gasteiger partial charge in [-0.25, -0.2) is 0 Å². The molecule has 16 heavy (non-hydrogen) atoms. The van der Waals surface area contributed by atoms with Crippen LogP contribution in [0.5, 0.6) is 0 Å². The van der Waals surface area contributed by atoms with Crippen molar-refractivity contribution in [3.63, 3.8) is 0 Å². The van der Waals surface area contributed by atoms with Crippen LogP contribution in [0.25, 0.3) is 0 Å². The number of esters is 1. The van der Waals surface area contributed by atoms with Gasteiger partial charge < -0.3 is 9.64 Å². The molecule has 0 N–H and O–H groups in total. The molecule has 6 heteroatoms. The van der Waals surface area contributed by atoms with Gasteiger partial charge in [-0.2, -0.15) is 0 Å². The minimum atomic E-state index is -0.236. The van der Waals surface area contributed by atoms with Crippen molar-refractivity contribution in [2.75, 3.05) is 45.7 Å². The molecule has 0 unspecified atom stereocenters. The van der Waals surface area contributed by atoms with E-state index in [9.17, 15) is 9.59 Å². The second-order valence-electron chi connectivity index (χ2n) is 3.67. The Balaban J connectivity index is 2.28. The van der Waals surface area contributed by atoms with Crippen molar-refractivity contribution in [3.8, 4) is 0 Å². The summed E-state index contributed by atoms with van der Waals surface area (Å²) in [6.07, 6.45) is 0.387. The second kappa shape index (κ2) is 6.70. The first-order valence-corrected chi connectivity index (χ1v) is 5.83. The van der Waals surface area contributed by atoms with Crippen molar-refractivity contribution in [1.29, 1.82) is 0 Å². The highest BCUT2D eigenvalue weighted by Crippen LogP contribution is 2.04. The van der Waals surface area contributed by atoms with Gasteiger partial charge in [0.2, 0.25) is 5.91 Å². The Morgan fingerprint density at radius 1 is 1.25 bits per heavy atom. The summed E-state index contributed by atoms with van der Waals surface area (Å²) in [5, 5.41) is 0. The second-order valence-corrected chi connectivity index (χ2v) is 4.05. The molecule has 0 atom stereocenters. The molecule has 1 rings (SSSR count). The number of ether oxygens (including phenoxy) is 1. The summed E-state index contributed by atoms with van der Waals surface area (Å²) in [5.74, 6) is 0.217. The molecular weight excluding hydrogens is 232 g/mol. The number of nitrogens with zero attached hydrogens (tertiary/aromatic N) is 2. The maximum Gasteiger partial charge on any atom is 0.319 e. The van der Waals surface area contributed by atoms with Gasteiger partial charge >= 0.3 is 5.97 Å². The summed E-state index contributed by atoms with van der Waals surface area (Å²) in [5.41, 5.74) is 0. The van der Waals surface area contributed by atoms with Gasteiger partial charge in [-0.05, 0) is 0 Å². The number of amides is 1. The molecule has 92 valence electrons. The molecular formula is C10H17ClN2O3. The summed E-state index contributed by atoms with van der Waals surface area (Å²) in [6, 6.07) is 0. The van der Waals surface area contributed by atoms with Gasteiger partial charge in [0, 0.05) is 38.5 Å². The Labute approximate surface area is 100 Å². The smallest absolute Gasteiger partial charge is 0.319 e. The van der Waals surface area contributed by atoms with Crippen molar-refractivity contribution in [2.24, 2.45) is 0 Å². The normalized spacial score (nSPS) is 17.2. The van der Waals surface area contributed by atoms with Crippen LogP contribution in [-0.4, -0.2) is 67.4 Å². The molecule has 0 aliphatic carbocycles. The van der Waals surface area contributed by atoms with Crippen LogP contribution in [0.3, 0.4) is 0 Å². The van der Waals surface area contributed by atoms with E-state index in [0.717, 1.165) is 0 Å². The van der Waals surface area contributed by atoms with Crippen LogP contribution >= 0.6 is 11.6 Å². The van der Waals surface area contributed by atoms with Gasteiger partial charge in [0.15, 0.2) is 0 Å². The molecule has 0 aromatic carbocycles. The molecule has 1 fully saturated rings. The lowest BCUT2D eigenvalue weighted by molar-refractivity contribution is -0.142. The highest BCUT2D eigenvalue weighted by atomic mass is 35.5. The molecule has 5 nitrogen and oxygen atoms in total. The van der Waals surface area contributed by atoms with E-state index in [1.165, 1.54) is 7.11 Å². The Morgan fingerprint density at radius 3 is 2.38 bits per heavy atom. The van der Waals surface area contributed by atoms with E-state index in [2.05, 4.69) is 4.74 Å². The summed E-state index contributed by atoms with van der Waals surface area (Å²) >= 11 is 5.51.